The summed E-state index contributed by atoms with van der Waals surface area (Å²) < 4.78 is 62.6. The quantitative estimate of drug-likeness (QED) is 0.144. The van der Waals surface area contributed by atoms with Gasteiger partial charge in [0, 0.05) is 58.9 Å². The van der Waals surface area contributed by atoms with Gasteiger partial charge in [0.15, 0.2) is 0 Å². The lowest BCUT2D eigenvalue weighted by atomic mass is 10.0. The number of carboxylic acids is 1. The van der Waals surface area contributed by atoms with Crippen LogP contribution < -0.4 is 19.7 Å². The highest BCUT2D eigenvalue weighted by molar-refractivity contribution is 7.85. The summed E-state index contributed by atoms with van der Waals surface area (Å²) in [4.78, 5) is 53.5. The molecule has 1 aliphatic rings. The van der Waals surface area contributed by atoms with E-state index in [1.807, 2.05) is 12.1 Å². The first kappa shape index (κ1) is 37.6. The van der Waals surface area contributed by atoms with Crippen LogP contribution in [0.25, 0.3) is 0 Å². The summed E-state index contributed by atoms with van der Waals surface area (Å²) >= 11 is 0. The van der Waals surface area contributed by atoms with Crippen LogP contribution in [-0.2, 0) is 39.5 Å². The Morgan fingerprint density at radius 3 is 2.08 bits per heavy atom. The summed E-state index contributed by atoms with van der Waals surface area (Å²) in [7, 11) is 0.439. The van der Waals surface area contributed by atoms with E-state index in [1.54, 1.807) is 24.3 Å². The third-order valence-corrected chi connectivity index (χ3v) is 9.43. The first-order valence-corrected chi connectivity index (χ1v) is 17.4. The van der Waals surface area contributed by atoms with Gasteiger partial charge in [-0.25, -0.2) is 4.79 Å². The van der Waals surface area contributed by atoms with Crippen molar-refractivity contribution in [3.63, 3.8) is 0 Å². The summed E-state index contributed by atoms with van der Waals surface area (Å²) in [5.74, 6) is -1.72. The molecule has 1 heterocycles. The summed E-state index contributed by atoms with van der Waals surface area (Å²) in [5.41, 5.74) is 0.913. The second-order valence-electron chi connectivity index (χ2n) is 11.8. The minimum absolute atomic E-state index is 0.000115. The number of benzene rings is 4. The number of nitrogens with one attached hydrogen (secondary N) is 1. The van der Waals surface area contributed by atoms with Crippen LogP contribution in [0.4, 0.5) is 24.5 Å². The Morgan fingerprint density at radius 2 is 1.48 bits per heavy atom. The van der Waals surface area contributed by atoms with E-state index in [0.717, 1.165) is 16.7 Å². The van der Waals surface area contributed by atoms with Gasteiger partial charge < -0.3 is 29.7 Å². The molecule has 1 aliphatic heterocycles. The average Bonchev–Trinajstić information content (AvgIpc) is 3.12. The van der Waals surface area contributed by atoms with E-state index in [0.29, 0.717) is 35.7 Å². The number of hydrogen-bond donors (Lipinski definition) is 2. The lowest BCUT2D eigenvalue weighted by Crippen LogP contribution is -2.37. The molecule has 0 unspecified atom stereocenters. The zero-order valence-corrected chi connectivity index (χ0v) is 28.7. The first-order chi connectivity index (χ1) is 24.8. The Bertz CT molecular complexity index is 1940. The van der Waals surface area contributed by atoms with Crippen molar-refractivity contribution in [1.29, 1.82) is 0 Å². The van der Waals surface area contributed by atoms with Crippen molar-refractivity contribution < 1.29 is 51.1 Å². The molecule has 2 N–H and O–H groups in total. The fourth-order valence-electron chi connectivity index (χ4n) is 5.47. The second kappa shape index (κ2) is 16.5. The fourth-order valence-corrected chi connectivity index (χ4v) is 6.53. The number of anilines is 2. The summed E-state index contributed by atoms with van der Waals surface area (Å²) in [6.45, 7) is 0.642. The van der Waals surface area contributed by atoms with Gasteiger partial charge in [-0.05, 0) is 83.9 Å². The maximum atomic E-state index is 13.5. The topological polar surface area (TPSA) is 143 Å². The zero-order chi connectivity index (χ0) is 37.4. The van der Waals surface area contributed by atoms with Gasteiger partial charge in [-0.15, -0.1) is 0 Å². The molecule has 15 heteroatoms. The van der Waals surface area contributed by atoms with Crippen molar-refractivity contribution in [2.45, 2.75) is 19.1 Å². The number of esters is 1. The zero-order valence-electron chi connectivity index (χ0n) is 27.9. The molecule has 0 aromatic heterocycles. The number of alkyl halides is 3. The van der Waals surface area contributed by atoms with E-state index in [9.17, 15) is 41.7 Å². The molecule has 1 saturated heterocycles. The van der Waals surface area contributed by atoms with Crippen molar-refractivity contribution in [2.75, 3.05) is 48.5 Å². The lowest BCUT2D eigenvalue weighted by molar-refractivity contribution is -0.139. The van der Waals surface area contributed by atoms with Gasteiger partial charge in [0.05, 0.1) is 24.7 Å². The van der Waals surface area contributed by atoms with Crippen LogP contribution in [-0.4, -0.2) is 76.2 Å². The van der Waals surface area contributed by atoms with E-state index in [4.69, 9.17) is 9.47 Å². The Morgan fingerprint density at radius 1 is 0.865 bits per heavy atom. The average molecular weight is 738 g/mol. The van der Waals surface area contributed by atoms with E-state index >= 15 is 0 Å². The van der Waals surface area contributed by atoms with Crippen LogP contribution >= 0.6 is 0 Å². The number of aliphatic carboxylic acids is 1. The van der Waals surface area contributed by atoms with Crippen molar-refractivity contribution in [3.8, 4) is 11.5 Å². The highest BCUT2D eigenvalue weighted by Crippen LogP contribution is 2.35. The number of methoxy groups -OCH3 is 1. The number of ether oxygens (including phenoxy) is 2. The predicted octanol–water partition coefficient (Wildman–Crippen LogP) is 5.41. The Hall–Kier alpha value is -5.70. The molecule has 5 rings (SSSR count). The third kappa shape index (κ3) is 9.96. The Labute approximate surface area is 299 Å². The fraction of sp³-hybridized carbons (Fsp3) is 0.243. The molecular weight excluding hydrogens is 703 g/mol. The molecule has 0 aliphatic carbocycles. The van der Waals surface area contributed by atoms with Crippen molar-refractivity contribution in [3.05, 3.63) is 119 Å². The van der Waals surface area contributed by atoms with Crippen molar-refractivity contribution >= 4 is 45.9 Å². The van der Waals surface area contributed by atoms with Gasteiger partial charge in [-0.1, -0.05) is 18.2 Å². The molecule has 4 aromatic carbocycles. The van der Waals surface area contributed by atoms with E-state index in [2.05, 4.69) is 10.2 Å². The molecule has 2 amide bonds. The van der Waals surface area contributed by atoms with E-state index in [1.165, 1.54) is 55.6 Å². The van der Waals surface area contributed by atoms with E-state index < -0.39 is 59.3 Å². The molecule has 0 spiro atoms. The Balaban J connectivity index is 1.18. The number of hydrogen-bond acceptors (Lipinski definition) is 8. The van der Waals surface area contributed by atoms with Crippen LogP contribution in [0.1, 0.15) is 37.4 Å². The first-order valence-electron chi connectivity index (χ1n) is 16.0. The van der Waals surface area contributed by atoms with Crippen LogP contribution in [0.3, 0.4) is 0 Å². The van der Waals surface area contributed by atoms with Gasteiger partial charge >= 0.3 is 18.1 Å². The molecular formula is C37H34F3N3O8S. The molecule has 0 radical (unpaired) electrons. The van der Waals surface area contributed by atoms with Crippen molar-refractivity contribution in [2.24, 2.45) is 0 Å². The minimum atomic E-state index is -4.70. The predicted molar refractivity (Wildman–Crippen MR) is 187 cm³/mol. The highest BCUT2D eigenvalue weighted by Gasteiger charge is 2.34. The van der Waals surface area contributed by atoms with Gasteiger partial charge in [0.25, 0.3) is 5.91 Å². The number of carbonyl (C=O) groups excluding carboxylic acids is 3. The standard InChI is InChI=1S/C37H34F3N3O8S/c1-50-31-15-8-27(32(21-31)37(38,39)40)20-33(44)41-28-9-4-25(5-10-28)35(47)43(23-34(45)46)22-24-2-13-30(14-3-24)51-36(48)26-6-11-29(12-7-26)42-16-18-52(49)19-17-42/h2-15,21H,16-20,22-23H2,1H3,(H,41,44)(H,45,46). The summed E-state index contributed by atoms with van der Waals surface area (Å²) in [6, 6.07) is 22.0. The van der Waals surface area contributed by atoms with Gasteiger partial charge in [-0.3, -0.25) is 18.6 Å². The molecule has 0 atom stereocenters. The van der Waals surface area contributed by atoms with Gasteiger partial charge in [-0.2, -0.15) is 13.2 Å². The summed E-state index contributed by atoms with van der Waals surface area (Å²) in [6.07, 6.45) is -5.27. The number of rotatable bonds is 12. The second-order valence-corrected chi connectivity index (χ2v) is 13.5. The molecule has 0 saturated carbocycles. The maximum Gasteiger partial charge on any atom is 0.416 e. The number of nitrogens with zero attached hydrogens (tertiary/aromatic N) is 2. The van der Waals surface area contributed by atoms with Crippen LogP contribution in [0.5, 0.6) is 11.5 Å². The number of carboxylic acid groups (broad SMARTS) is 1. The van der Waals surface area contributed by atoms with E-state index in [-0.39, 0.29) is 34.9 Å². The normalized spacial score (nSPS) is 13.3. The minimum Gasteiger partial charge on any atom is -0.497 e. The van der Waals surface area contributed by atoms with Gasteiger partial charge in [0.1, 0.15) is 18.0 Å². The molecule has 4 aromatic rings. The van der Waals surface area contributed by atoms with Gasteiger partial charge in [0.2, 0.25) is 5.91 Å². The SMILES string of the molecule is COc1ccc(CC(=O)Nc2ccc(C(=O)N(CC(=O)O)Cc3ccc(OC(=O)c4ccc(N5CCS(=O)CC5)cc4)cc3)cc2)c(C(F)(F)F)c1. The van der Waals surface area contributed by atoms with Crippen LogP contribution in [0.15, 0.2) is 91.0 Å². The largest absolute Gasteiger partial charge is 0.497 e. The number of amides is 2. The molecule has 272 valence electrons. The maximum absolute atomic E-state index is 13.5. The Kier molecular flexibility index (Phi) is 11.9. The van der Waals surface area contributed by atoms with Crippen LogP contribution in [0.2, 0.25) is 0 Å². The summed E-state index contributed by atoms with van der Waals surface area (Å²) in [5, 5.41) is 12.0. The monoisotopic (exact) mass is 737 g/mol. The molecule has 52 heavy (non-hydrogen) atoms. The smallest absolute Gasteiger partial charge is 0.416 e. The van der Waals surface area contributed by atoms with Crippen molar-refractivity contribution in [1.82, 2.24) is 4.90 Å². The molecule has 11 nitrogen and oxygen atoms in total. The van der Waals surface area contributed by atoms with Crippen LogP contribution in [0, 0.1) is 0 Å². The molecule has 0 bridgehead atoms. The highest BCUT2D eigenvalue weighted by atomic mass is 32.2. The molecule has 1 fully saturated rings. The number of halogens is 3. The number of carbonyl (C=O) groups is 4. The third-order valence-electron chi connectivity index (χ3n) is 8.16. The lowest BCUT2D eigenvalue weighted by Gasteiger charge is -2.28.